The number of ether oxygens (including phenoxy) is 1. The Morgan fingerprint density at radius 3 is 2.75 bits per heavy atom. The Morgan fingerprint density at radius 1 is 1.45 bits per heavy atom. The highest BCUT2D eigenvalue weighted by molar-refractivity contribution is 6.34. The number of aryl methyl sites for hydroxylation is 1. The van der Waals surface area contributed by atoms with Crippen molar-refractivity contribution in [2.75, 3.05) is 19.7 Å². The minimum atomic E-state index is -0.452. The maximum Gasteiger partial charge on any atom is 0.325 e. The van der Waals surface area contributed by atoms with E-state index in [4.69, 9.17) is 16.3 Å². The second-order valence-electron chi connectivity index (χ2n) is 4.22. The first-order chi connectivity index (χ1) is 9.51. The quantitative estimate of drug-likeness (QED) is 0.599. The molecule has 5 heteroatoms. The zero-order chi connectivity index (χ0) is 15.1. The zero-order valence-electron chi connectivity index (χ0n) is 11.7. The van der Waals surface area contributed by atoms with Gasteiger partial charge in [0.1, 0.15) is 6.54 Å². The van der Waals surface area contributed by atoms with Gasteiger partial charge in [-0.15, -0.1) is 6.58 Å². The number of carbonyl (C=O) groups excluding carboxylic acids is 2. The van der Waals surface area contributed by atoms with Gasteiger partial charge < -0.3 is 9.64 Å². The summed E-state index contributed by atoms with van der Waals surface area (Å²) < 4.78 is 4.86. The third-order valence-electron chi connectivity index (χ3n) is 2.68. The minimum Gasteiger partial charge on any atom is -0.465 e. The standard InChI is InChI=1S/C15H18ClNO3/c1-4-9-17(10-13(18)20-5-2)15(19)12-8-6-7-11(3)14(12)16/h4,6-8H,1,5,9-10H2,2-3H3. The molecule has 1 rings (SSSR count). The van der Waals surface area contributed by atoms with Crippen LogP contribution in [0.3, 0.4) is 0 Å². The van der Waals surface area contributed by atoms with Crippen molar-refractivity contribution in [3.8, 4) is 0 Å². The molecule has 0 bridgehead atoms. The molecular formula is C15H18ClNO3. The van der Waals surface area contributed by atoms with Gasteiger partial charge in [0.05, 0.1) is 17.2 Å². The van der Waals surface area contributed by atoms with Crippen LogP contribution in [0.15, 0.2) is 30.9 Å². The Labute approximate surface area is 124 Å². The predicted octanol–water partition coefficient (Wildman–Crippen LogP) is 2.84. The first-order valence-electron chi connectivity index (χ1n) is 6.32. The molecule has 0 aliphatic heterocycles. The van der Waals surface area contributed by atoms with E-state index in [1.807, 2.05) is 13.0 Å². The molecule has 1 aromatic rings. The molecule has 0 aliphatic rings. The lowest BCUT2D eigenvalue weighted by Gasteiger charge is -2.21. The van der Waals surface area contributed by atoms with Crippen LogP contribution in [0.4, 0.5) is 0 Å². The van der Waals surface area contributed by atoms with Crippen LogP contribution < -0.4 is 0 Å². The van der Waals surface area contributed by atoms with Crippen molar-refractivity contribution >= 4 is 23.5 Å². The number of nitrogens with zero attached hydrogens (tertiary/aromatic N) is 1. The molecule has 0 radical (unpaired) electrons. The van der Waals surface area contributed by atoms with Crippen LogP contribution in [0.25, 0.3) is 0 Å². The molecule has 0 aromatic heterocycles. The average molecular weight is 296 g/mol. The van der Waals surface area contributed by atoms with Crippen LogP contribution in [0, 0.1) is 6.92 Å². The van der Waals surface area contributed by atoms with Crippen molar-refractivity contribution < 1.29 is 14.3 Å². The van der Waals surface area contributed by atoms with E-state index in [-0.39, 0.29) is 25.6 Å². The SMILES string of the molecule is C=CCN(CC(=O)OCC)C(=O)c1cccc(C)c1Cl. The van der Waals surface area contributed by atoms with E-state index in [1.165, 1.54) is 4.90 Å². The topological polar surface area (TPSA) is 46.6 Å². The molecule has 0 spiro atoms. The van der Waals surface area contributed by atoms with Crippen LogP contribution in [0.2, 0.25) is 5.02 Å². The van der Waals surface area contributed by atoms with Gasteiger partial charge >= 0.3 is 5.97 Å². The third kappa shape index (κ3) is 4.10. The second-order valence-corrected chi connectivity index (χ2v) is 4.59. The Kier molecular flexibility index (Phi) is 6.25. The fourth-order valence-corrected chi connectivity index (χ4v) is 1.93. The Morgan fingerprint density at radius 2 is 2.15 bits per heavy atom. The van der Waals surface area contributed by atoms with E-state index >= 15 is 0 Å². The monoisotopic (exact) mass is 295 g/mol. The van der Waals surface area contributed by atoms with Crippen molar-refractivity contribution in [1.29, 1.82) is 0 Å². The van der Waals surface area contributed by atoms with Crippen molar-refractivity contribution in [3.63, 3.8) is 0 Å². The molecule has 108 valence electrons. The van der Waals surface area contributed by atoms with Gasteiger partial charge in [0.25, 0.3) is 5.91 Å². The summed E-state index contributed by atoms with van der Waals surface area (Å²) >= 11 is 6.14. The van der Waals surface area contributed by atoms with E-state index in [0.717, 1.165) is 5.56 Å². The number of carbonyl (C=O) groups is 2. The van der Waals surface area contributed by atoms with Crippen molar-refractivity contribution in [3.05, 3.63) is 47.0 Å². The number of amides is 1. The van der Waals surface area contributed by atoms with Gasteiger partial charge in [-0.2, -0.15) is 0 Å². The van der Waals surface area contributed by atoms with Crippen LogP contribution in [-0.4, -0.2) is 36.5 Å². The average Bonchev–Trinajstić information content (AvgIpc) is 2.41. The number of esters is 1. The number of hydrogen-bond acceptors (Lipinski definition) is 3. The van der Waals surface area contributed by atoms with Gasteiger partial charge in [-0.1, -0.05) is 29.8 Å². The summed E-state index contributed by atoms with van der Waals surface area (Å²) in [6, 6.07) is 5.21. The maximum atomic E-state index is 12.4. The third-order valence-corrected chi connectivity index (χ3v) is 3.19. The first kappa shape index (κ1) is 16.2. The largest absolute Gasteiger partial charge is 0.465 e. The molecule has 1 aromatic carbocycles. The fraction of sp³-hybridized carbons (Fsp3) is 0.333. The van der Waals surface area contributed by atoms with Crippen LogP contribution >= 0.6 is 11.6 Å². The molecule has 20 heavy (non-hydrogen) atoms. The van der Waals surface area contributed by atoms with Gasteiger partial charge in [0.15, 0.2) is 0 Å². The number of benzene rings is 1. The fourth-order valence-electron chi connectivity index (χ4n) is 1.72. The van der Waals surface area contributed by atoms with Crippen molar-refractivity contribution in [1.82, 2.24) is 4.90 Å². The van der Waals surface area contributed by atoms with E-state index in [9.17, 15) is 9.59 Å². The molecule has 0 heterocycles. The molecular weight excluding hydrogens is 278 g/mol. The predicted molar refractivity (Wildman–Crippen MR) is 78.9 cm³/mol. The molecule has 0 unspecified atom stereocenters. The highest BCUT2D eigenvalue weighted by Gasteiger charge is 2.21. The summed E-state index contributed by atoms with van der Waals surface area (Å²) in [6.07, 6.45) is 1.56. The summed E-state index contributed by atoms with van der Waals surface area (Å²) in [6.45, 7) is 7.54. The van der Waals surface area contributed by atoms with Crippen molar-refractivity contribution in [2.24, 2.45) is 0 Å². The molecule has 0 atom stereocenters. The minimum absolute atomic E-state index is 0.122. The summed E-state index contributed by atoms with van der Waals surface area (Å²) in [5.41, 5.74) is 1.19. The zero-order valence-corrected chi connectivity index (χ0v) is 12.4. The van der Waals surface area contributed by atoms with E-state index in [2.05, 4.69) is 6.58 Å². The van der Waals surface area contributed by atoms with Gasteiger partial charge in [-0.05, 0) is 25.5 Å². The van der Waals surface area contributed by atoms with Gasteiger partial charge in [0, 0.05) is 6.54 Å². The summed E-state index contributed by atoms with van der Waals surface area (Å²) in [5.74, 6) is -0.766. The lowest BCUT2D eigenvalue weighted by atomic mass is 10.1. The van der Waals surface area contributed by atoms with Gasteiger partial charge in [-0.3, -0.25) is 9.59 Å². The van der Waals surface area contributed by atoms with Gasteiger partial charge in [-0.25, -0.2) is 0 Å². The molecule has 0 fully saturated rings. The Hall–Kier alpha value is -1.81. The first-order valence-corrected chi connectivity index (χ1v) is 6.70. The maximum absolute atomic E-state index is 12.4. The normalized spacial score (nSPS) is 9.95. The number of hydrogen-bond donors (Lipinski definition) is 0. The number of rotatable bonds is 6. The molecule has 0 saturated carbocycles. The lowest BCUT2D eigenvalue weighted by molar-refractivity contribution is -0.143. The Bertz CT molecular complexity index is 514. The highest BCUT2D eigenvalue weighted by Crippen LogP contribution is 2.21. The molecule has 1 amide bonds. The Balaban J connectivity index is 2.96. The number of halogens is 1. The second kappa shape index (κ2) is 7.70. The molecule has 0 aliphatic carbocycles. The summed E-state index contributed by atoms with van der Waals surface area (Å²) in [7, 11) is 0. The highest BCUT2D eigenvalue weighted by atomic mass is 35.5. The molecule has 0 saturated heterocycles. The molecule has 4 nitrogen and oxygen atoms in total. The van der Waals surface area contributed by atoms with E-state index in [0.29, 0.717) is 10.6 Å². The van der Waals surface area contributed by atoms with E-state index in [1.54, 1.807) is 25.1 Å². The van der Waals surface area contributed by atoms with Crippen LogP contribution in [-0.2, 0) is 9.53 Å². The molecule has 0 N–H and O–H groups in total. The summed E-state index contributed by atoms with van der Waals surface area (Å²) in [4.78, 5) is 25.3. The lowest BCUT2D eigenvalue weighted by Crippen LogP contribution is -2.36. The van der Waals surface area contributed by atoms with Gasteiger partial charge in [0.2, 0.25) is 0 Å². The van der Waals surface area contributed by atoms with Crippen LogP contribution in [0.5, 0.6) is 0 Å². The smallest absolute Gasteiger partial charge is 0.325 e. The van der Waals surface area contributed by atoms with Crippen LogP contribution in [0.1, 0.15) is 22.8 Å². The van der Waals surface area contributed by atoms with Crippen molar-refractivity contribution in [2.45, 2.75) is 13.8 Å². The summed E-state index contributed by atoms with van der Waals surface area (Å²) in [5, 5.41) is 0.399. The van der Waals surface area contributed by atoms with E-state index < -0.39 is 5.97 Å².